The van der Waals surface area contributed by atoms with Gasteiger partial charge in [-0.1, -0.05) is 11.6 Å². The van der Waals surface area contributed by atoms with Crippen molar-refractivity contribution in [3.8, 4) is 0 Å². The summed E-state index contributed by atoms with van der Waals surface area (Å²) in [6.45, 7) is 0.499. The lowest BCUT2D eigenvalue weighted by molar-refractivity contribution is -0.182. The second-order valence-corrected chi connectivity index (χ2v) is 4.88. The van der Waals surface area contributed by atoms with Gasteiger partial charge in [0, 0.05) is 6.54 Å². The molecule has 7 nitrogen and oxygen atoms in total. The molecule has 23 heavy (non-hydrogen) atoms. The molecule has 1 amide bonds. The molecule has 2 heterocycles. The summed E-state index contributed by atoms with van der Waals surface area (Å²) >= 11 is 5.91. The van der Waals surface area contributed by atoms with Gasteiger partial charge >= 0.3 is 6.18 Å². The molecule has 126 valence electrons. The molecule has 2 aromatic heterocycles. The Balaban J connectivity index is 1.96. The van der Waals surface area contributed by atoms with Gasteiger partial charge in [-0.15, -0.1) is 0 Å². The van der Waals surface area contributed by atoms with Crippen LogP contribution in [-0.4, -0.2) is 38.3 Å². The van der Waals surface area contributed by atoms with E-state index in [9.17, 15) is 18.0 Å². The molecule has 0 aliphatic rings. The molecule has 0 bridgehead atoms. The van der Waals surface area contributed by atoms with E-state index in [2.05, 4.69) is 20.3 Å². The topological polar surface area (TPSA) is 74.0 Å². The second kappa shape index (κ2) is 7.01. The van der Waals surface area contributed by atoms with Crippen molar-refractivity contribution in [1.29, 1.82) is 0 Å². The fourth-order valence-corrected chi connectivity index (χ4v) is 2.00. The van der Waals surface area contributed by atoms with Crippen LogP contribution in [0.1, 0.15) is 17.4 Å². The van der Waals surface area contributed by atoms with Crippen molar-refractivity contribution in [2.24, 2.45) is 0 Å². The largest absolute Gasteiger partial charge is 0.411 e. The van der Waals surface area contributed by atoms with Gasteiger partial charge in [-0.2, -0.15) is 23.4 Å². The third-order valence-corrected chi connectivity index (χ3v) is 2.97. The normalized spacial score (nSPS) is 11.7. The van der Waals surface area contributed by atoms with Gasteiger partial charge in [0.2, 0.25) is 0 Å². The molecule has 11 heteroatoms. The Kier molecular flexibility index (Phi) is 5.26. The summed E-state index contributed by atoms with van der Waals surface area (Å²) in [7, 11) is 0. The number of anilines is 1. The first kappa shape index (κ1) is 17.3. The molecule has 0 aliphatic heterocycles. The molecular formula is C12H13ClF3N5O2. The number of halogens is 4. The smallest absolute Gasteiger partial charge is 0.350 e. The standard InChI is InChI=1S/C12H13ClF3N5O2/c1-2-21-10(9(13)4-18-21)11(22)19-8-3-17-20(5-8)7-23-6-12(14,15)16/h3-5H,2,6-7H2,1H3,(H,19,22). The molecule has 0 atom stereocenters. The first-order valence-electron chi connectivity index (χ1n) is 6.49. The fraction of sp³-hybridized carbons (Fsp3) is 0.417. The highest BCUT2D eigenvalue weighted by atomic mass is 35.5. The molecule has 0 aromatic carbocycles. The van der Waals surface area contributed by atoms with Gasteiger partial charge in [-0.25, -0.2) is 4.68 Å². The number of carbonyl (C=O) groups is 1. The van der Waals surface area contributed by atoms with Crippen LogP contribution >= 0.6 is 11.6 Å². The average molecular weight is 352 g/mol. The Morgan fingerprint density at radius 3 is 2.78 bits per heavy atom. The zero-order valence-electron chi connectivity index (χ0n) is 12.0. The number of aromatic nitrogens is 4. The molecule has 0 fully saturated rings. The first-order chi connectivity index (χ1) is 10.8. The maximum absolute atomic E-state index is 12.2. The molecule has 0 saturated heterocycles. The lowest BCUT2D eigenvalue weighted by Crippen LogP contribution is -2.18. The number of hydrogen-bond acceptors (Lipinski definition) is 4. The predicted molar refractivity (Wildman–Crippen MR) is 75.1 cm³/mol. The number of rotatable bonds is 6. The molecule has 0 unspecified atom stereocenters. The highest BCUT2D eigenvalue weighted by molar-refractivity contribution is 6.34. The highest BCUT2D eigenvalue weighted by Crippen LogP contribution is 2.18. The fourth-order valence-electron chi connectivity index (χ4n) is 1.77. The van der Waals surface area contributed by atoms with Crippen molar-refractivity contribution in [2.75, 3.05) is 11.9 Å². The molecule has 0 saturated carbocycles. The first-order valence-corrected chi connectivity index (χ1v) is 6.87. The summed E-state index contributed by atoms with van der Waals surface area (Å²) in [5.74, 6) is -0.495. The SMILES string of the molecule is CCn1ncc(Cl)c1C(=O)Nc1cnn(COCC(F)(F)F)c1. The highest BCUT2D eigenvalue weighted by Gasteiger charge is 2.27. The van der Waals surface area contributed by atoms with Gasteiger partial charge in [0.1, 0.15) is 19.0 Å². The van der Waals surface area contributed by atoms with E-state index in [-0.39, 0.29) is 17.4 Å². The third-order valence-electron chi connectivity index (χ3n) is 2.69. The number of amides is 1. The van der Waals surface area contributed by atoms with E-state index in [1.54, 1.807) is 6.92 Å². The lowest BCUT2D eigenvalue weighted by Gasteiger charge is -2.07. The summed E-state index contributed by atoms with van der Waals surface area (Å²) < 4.78 is 42.9. The van der Waals surface area contributed by atoms with Crippen LogP contribution in [0.25, 0.3) is 0 Å². The Hall–Kier alpha value is -2.07. The minimum atomic E-state index is -4.40. The molecule has 2 aromatic rings. The van der Waals surface area contributed by atoms with Crippen LogP contribution in [0, 0.1) is 0 Å². The number of ether oxygens (including phenoxy) is 1. The van der Waals surface area contributed by atoms with E-state index >= 15 is 0 Å². The molecule has 1 N–H and O–H groups in total. The number of carbonyl (C=O) groups excluding carboxylic acids is 1. The Bertz CT molecular complexity index is 683. The van der Waals surface area contributed by atoms with E-state index in [1.165, 1.54) is 23.3 Å². The molecule has 2 rings (SSSR count). The van der Waals surface area contributed by atoms with Crippen molar-refractivity contribution in [2.45, 2.75) is 26.4 Å². The van der Waals surface area contributed by atoms with Gasteiger partial charge < -0.3 is 10.1 Å². The third kappa shape index (κ3) is 4.70. The van der Waals surface area contributed by atoms with E-state index in [0.29, 0.717) is 12.2 Å². The van der Waals surface area contributed by atoms with Crippen LogP contribution in [0.3, 0.4) is 0 Å². The summed E-state index contributed by atoms with van der Waals surface area (Å²) in [6.07, 6.45) is -0.419. The molecular weight excluding hydrogens is 339 g/mol. The van der Waals surface area contributed by atoms with Crippen LogP contribution in [0.15, 0.2) is 18.6 Å². The number of nitrogens with one attached hydrogen (secondary N) is 1. The zero-order valence-corrected chi connectivity index (χ0v) is 12.7. The molecule has 0 radical (unpaired) electrons. The van der Waals surface area contributed by atoms with Crippen molar-refractivity contribution >= 4 is 23.2 Å². The van der Waals surface area contributed by atoms with Crippen molar-refractivity contribution in [1.82, 2.24) is 19.6 Å². The Labute approximate surface area is 134 Å². The number of aryl methyl sites for hydroxylation is 1. The predicted octanol–water partition coefficient (Wildman–Crippen LogP) is 2.54. The van der Waals surface area contributed by atoms with Crippen molar-refractivity contribution in [3.63, 3.8) is 0 Å². The number of alkyl halides is 3. The van der Waals surface area contributed by atoms with Gasteiger partial charge in [-0.05, 0) is 6.92 Å². The van der Waals surface area contributed by atoms with Gasteiger partial charge in [0.15, 0.2) is 0 Å². The molecule has 0 aliphatic carbocycles. The van der Waals surface area contributed by atoms with Crippen molar-refractivity contribution < 1.29 is 22.7 Å². The second-order valence-electron chi connectivity index (χ2n) is 4.47. The van der Waals surface area contributed by atoms with E-state index in [1.807, 2.05) is 0 Å². The van der Waals surface area contributed by atoms with Crippen LogP contribution in [0.2, 0.25) is 5.02 Å². The quantitative estimate of drug-likeness (QED) is 0.868. The van der Waals surface area contributed by atoms with Crippen LogP contribution in [0.4, 0.5) is 18.9 Å². The summed E-state index contributed by atoms with van der Waals surface area (Å²) in [5, 5.41) is 10.5. The van der Waals surface area contributed by atoms with Crippen molar-refractivity contribution in [3.05, 3.63) is 29.3 Å². The maximum Gasteiger partial charge on any atom is 0.411 e. The van der Waals surface area contributed by atoms with Gasteiger partial charge in [0.25, 0.3) is 5.91 Å². The average Bonchev–Trinajstić information content (AvgIpc) is 3.03. The number of nitrogens with zero attached hydrogens (tertiary/aromatic N) is 4. The summed E-state index contributed by atoms with van der Waals surface area (Å²) in [6, 6.07) is 0. The van der Waals surface area contributed by atoms with Crippen LogP contribution < -0.4 is 5.32 Å². The van der Waals surface area contributed by atoms with Gasteiger partial charge in [0.05, 0.1) is 29.3 Å². The monoisotopic (exact) mass is 351 g/mol. The minimum Gasteiger partial charge on any atom is -0.350 e. The molecule has 0 spiro atoms. The zero-order chi connectivity index (χ0) is 17.0. The van der Waals surface area contributed by atoms with Crippen LogP contribution in [-0.2, 0) is 18.0 Å². The maximum atomic E-state index is 12.2. The Morgan fingerprint density at radius 2 is 2.13 bits per heavy atom. The van der Waals surface area contributed by atoms with Crippen LogP contribution in [0.5, 0.6) is 0 Å². The summed E-state index contributed by atoms with van der Waals surface area (Å²) in [4.78, 5) is 12.2. The van der Waals surface area contributed by atoms with E-state index in [0.717, 1.165) is 4.68 Å². The lowest BCUT2D eigenvalue weighted by atomic mass is 10.4. The van der Waals surface area contributed by atoms with E-state index < -0.39 is 18.7 Å². The van der Waals surface area contributed by atoms with Gasteiger partial charge in [-0.3, -0.25) is 9.48 Å². The van der Waals surface area contributed by atoms with E-state index in [4.69, 9.17) is 11.6 Å². The number of hydrogen-bond donors (Lipinski definition) is 1. The Morgan fingerprint density at radius 1 is 1.39 bits per heavy atom. The summed E-state index contributed by atoms with van der Waals surface area (Å²) in [5.41, 5.74) is 0.487. The minimum absolute atomic E-state index is 0.190.